The van der Waals surface area contributed by atoms with Crippen LogP contribution >= 0.6 is 0 Å². The lowest BCUT2D eigenvalue weighted by molar-refractivity contribution is 0.291. The average Bonchev–Trinajstić information content (AvgIpc) is 3.39. The molecule has 0 spiro atoms. The molecule has 2 aliphatic heterocycles. The first-order valence-corrected chi connectivity index (χ1v) is 7.75. The Morgan fingerprint density at radius 2 is 1.39 bits per heavy atom. The number of allylic oxidation sites excluding steroid dienone is 2. The lowest BCUT2D eigenvalue weighted by Gasteiger charge is -2.20. The fraction of sp³-hybridized carbons (Fsp3) is 0.667. The van der Waals surface area contributed by atoms with Gasteiger partial charge >= 0.3 is 17.1 Å². The van der Waals surface area contributed by atoms with Crippen LogP contribution in [0.2, 0.25) is 0 Å². The summed E-state index contributed by atoms with van der Waals surface area (Å²) in [4.78, 5) is 38.3. The maximum atomic E-state index is 12.8. The van der Waals surface area contributed by atoms with E-state index in [1.165, 1.54) is 0 Å². The zero-order valence-electron chi connectivity index (χ0n) is 13.7. The molecule has 1 aromatic heterocycles. The van der Waals surface area contributed by atoms with Gasteiger partial charge in [-0.3, -0.25) is 0 Å². The number of rotatable bonds is 5. The van der Waals surface area contributed by atoms with Crippen LogP contribution in [0.25, 0.3) is 5.70 Å². The van der Waals surface area contributed by atoms with Crippen molar-refractivity contribution in [2.75, 3.05) is 13.2 Å². The molecule has 0 radical (unpaired) electrons. The molecule has 4 unspecified atom stereocenters. The fourth-order valence-electron chi connectivity index (χ4n) is 2.71. The second-order valence-corrected chi connectivity index (χ2v) is 6.08. The summed E-state index contributed by atoms with van der Waals surface area (Å²) in [7, 11) is 0. The molecule has 0 aliphatic carbocycles. The zero-order valence-corrected chi connectivity index (χ0v) is 13.7. The third kappa shape index (κ3) is 2.61. The number of aromatic nitrogens is 3. The van der Waals surface area contributed by atoms with Crippen LogP contribution in [-0.2, 0) is 9.47 Å². The summed E-state index contributed by atoms with van der Waals surface area (Å²) in [5.74, 6) is 0. The van der Waals surface area contributed by atoms with Crippen molar-refractivity contribution in [2.45, 2.75) is 52.0 Å². The smallest absolute Gasteiger partial charge is 0.341 e. The molecule has 0 aromatic carbocycles. The highest BCUT2D eigenvalue weighted by Crippen LogP contribution is 2.23. The zero-order chi connectivity index (χ0) is 16.9. The van der Waals surface area contributed by atoms with Crippen molar-refractivity contribution in [3.05, 3.63) is 37.5 Å². The predicted molar refractivity (Wildman–Crippen MR) is 83.7 cm³/mol. The highest BCUT2D eigenvalue weighted by Gasteiger charge is 2.37. The molecule has 2 fully saturated rings. The van der Waals surface area contributed by atoms with Gasteiger partial charge in [0.15, 0.2) is 0 Å². The molecule has 0 bridgehead atoms. The van der Waals surface area contributed by atoms with Crippen LogP contribution in [0, 0.1) is 0 Å². The second kappa shape index (κ2) is 5.61. The largest absolute Gasteiger partial charge is 0.371 e. The van der Waals surface area contributed by atoms with Gasteiger partial charge in [-0.2, -0.15) is 0 Å². The molecule has 23 heavy (non-hydrogen) atoms. The SMILES string of the molecule is C/C=C(\C)n1c(=O)n(C(C)C2CO2)c(=O)n(C(C)C2CO2)c1=O. The normalized spacial score (nSPS) is 26.0. The average molecular weight is 323 g/mol. The number of nitrogens with zero attached hydrogens (tertiary/aromatic N) is 3. The van der Waals surface area contributed by atoms with E-state index in [1.807, 2.05) is 0 Å². The molecule has 8 heteroatoms. The quantitative estimate of drug-likeness (QED) is 0.710. The standard InChI is InChI=1S/C15H21N3O5/c1-5-8(2)16-13(19)17(9(3)11-6-22-11)15(21)18(14(16)20)10(4)12-7-23-12/h5,9-12H,6-7H2,1-4H3/b8-5+. The van der Waals surface area contributed by atoms with Crippen molar-refractivity contribution in [3.8, 4) is 0 Å². The predicted octanol–water partition coefficient (Wildman–Crippen LogP) is -0.0280. The minimum atomic E-state index is -0.626. The Morgan fingerprint density at radius 1 is 1.00 bits per heavy atom. The Labute approximate surface area is 132 Å². The maximum absolute atomic E-state index is 12.8. The Kier molecular flexibility index (Phi) is 3.89. The van der Waals surface area contributed by atoms with Gasteiger partial charge in [0.1, 0.15) is 12.2 Å². The highest BCUT2D eigenvalue weighted by atomic mass is 16.6. The van der Waals surface area contributed by atoms with Crippen LogP contribution in [0.4, 0.5) is 0 Å². The molecule has 2 aliphatic rings. The molecule has 2 saturated heterocycles. The number of epoxide rings is 2. The van der Waals surface area contributed by atoms with E-state index in [2.05, 4.69) is 0 Å². The van der Waals surface area contributed by atoms with Gasteiger partial charge in [-0.1, -0.05) is 6.08 Å². The molecular formula is C15H21N3O5. The molecule has 126 valence electrons. The van der Waals surface area contributed by atoms with Gasteiger partial charge in [0, 0.05) is 5.70 Å². The summed E-state index contributed by atoms with van der Waals surface area (Å²) in [6, 6.07) is -0.852. The van der Waals surface area contributed by atoms with Crippen LogP contribution in [0.5, 0.6) is 0 Å². The van der Waals surface area contributed by atoms with Gasteiger partial charge < -0.3 is 9.47 Å². The van der Waals surface area contributed by atoms with Gasteiger partial charge in [-0.15, -0.1) is 0 Å². The monoisotopic (exact) mass is 323 g/mol. The Hall–Kier alpha value is -1.93. The summed E-state index contributed by atoms with van der Waals surface area (Å²) in [6.07, 6.45) is 1.33. The molecule has 0 amide bonds. The van der Waals surface area contributed by atoms with Gasteiger partial charge in [0.2, 0.25) is 0 Å². The first kappa shape index (κ1) is 15.9. The number of ether oxygens (including phenoxy) is 2. The molecule has 0 saturated carbocycles. The molecule has 3 rings (SSSR count). The molecule has 0 N–H and O–H groups in total. The van der Waals surface area contributed by atoms with E-state index >= 15 is 0 Å². The summed E-state index contributed by atoms with van der Waals surface area (Å²) < 4.78 is 13.7. The van der Waals surface area contributed by atoms with Gasteiger partial charge in [0.25, 0.3) is 0 Å². The van der Waals surface area contributed by atoms with Crippen LogP contribution < -0.4 is 17.1 Å². The van der Waals surface area contributed by atoms with Crippen molar-refractivity contribution in [1.29, 1.82) is 0 Å². The third-order valence-corrected chi connectivity index (χ3v) is 4.59. The molecule has 3 heterocycles. The lowest BCUT2D eigenvalue weighted by Crippen LogP contribution is -2.56. The van der Waals surface area contributed by atoms with Crippen molar-refractivity contribution < 1.29 is 9.47 Å². The number of hydrogen-bond acceptors (Lipinski definition) is 5. The van der Waals surface area contributed by atoms with Gasteiger partial charge in [0.05, 0.1) is 25.3 Å². The van der Waals surface area contributed by atoms with Crippen molar-refractivity contribution >= 4 is 5.70 Å². The topological polar surface area (TPSA) is 91.1 Å². The Morgan fingerprint density at radius 3 is 1.70 bits per heavy atom. The van der Waals surface area contributed by atoms with E-state index in [9.17, 15) is 14.4 Å². The summed E-state index contributed by atoms with van der Waals surface area (Å²) in [6.45, 7) is 7.93. The molecule has 1 aromatic rings. The van der Waals surface area contributed by atoms with E-state index in [4.69, 9.17) is 9.47 Å². The Balaban J connectivity index is 2.31. The second-order valence-electron chi connectivity index (χ2n) is 6.08. The van der Waals surface area contributed by atoms with Crippen LogP contribution in [-0.4, -0.2) is 39.1 Å². The van der Waals surface area contributed by atoms with Crippen molar-refractivity contribution in [1.82, 2.24) is 13.7 Å². The molecular weight excluding hydrogens is 302 g/mol. The van der Waals surface area contributed by atoms with Crippen molar-refractivity contribution in [3.63, 3.8) is 0 Å². The van der Waals surface area contributed by atoms with Crippen molar-refractivity contribution in [2.24, 2.45) is 0 Å². The van der Waals surface area contributed by atoms with Gasteiger partial charge in [-0.05, 0) is 27.7 Å². The van der Waals surface area contributed by atoms with E-state index in [1.54, 1.807) is 33.8 Å². The number of hydrogen-bond donors (Lipinski definition) is 0. The highest BCUT2D eigenvalue weighted by molar-refractivity contribution is 5.40. The van der Waals surface area contributed by atoms with E-state index in [0.29, 0.717) is 18.9 Å². The summed E-state index contributed by atoms with van der Waals surface area (Å²) in [5.41, 5.74) is -1.38. The first-order chi connectivity index (χ1) is 10.9. The van der Waals surface area contributed by atoms with Gasteiger partial charge in [-0.25, -0.2) is 28.1 Å². The van der Waals surface area contributed by atoms with E-state index in [-0.39, 0.29) is 12.2 Å². The van der Waals surface area contributed by atoms with Crippen LogP contribution in [0.15, 0.2) is 20.5 Å². The minimum Gasteiger partial charge on any atom is -0.371 e. The first-order valence-electron chi connectivity index (χ1n) is 7.75. The maximum Gasteiger partial charge on any atom is 0.341 e. The minimum absolute atomic E-state index is 0.168. The fourth-order valence-corrected chi connectivity index (χ4v) is 2.71. The third-order valence-electron chi connectivity index (χ3n) is 4.59. The molecule has 8 nitrogen and oxygen atoms in total. The van der Waals surface area contributed by atoms with Crippen LogP contribution in [0.1, 0.15) is 39.8 Å². The van der Waals surface area contributed by atoms with E-state index in [0.717, 1.165) is 13.7 Å². The summed E-state index contributed by atoms with van der Waals surface area (Å²) in [5, 5.41) is 0. The van der Waals surface area contributed by atoms with Crippen LogP contribution in [0.3, 0.4) is 0 Å². The Bertz CT molecular complexity index is 767. The molecule has 4 atom stereocenters. The lowest BCUT2D eigenvalue weighted by atomic mass is 10.2. The van der Waals surface area contributed by atoms with E-state index < -0.39 is 29.2 Å². The summed E-state index contributed by atoms with van der Waals surface area (Å²) >= 11 is 0.